The van der Waals surface area contributed by atoms with Crippen molar-refractivity contribution in [3.8, 4) is 0 Å². The van der Waals surface area contributed by atoms with Crippen LogP contribution in [0.1, 0.15) is 71.6 Å². The number of carbonyl (C=O) groups excluding carboxylic acids is 2. The smallest absolute Gasteiger partial charge is 0.224 e. The van der Waals surface area contributed by atoms with Gasteiger partial charge in [-0.25, -0.2) is 0 Å². The van der Waals surface area contributed by atoms with Gasteiger partial charge in [0, 0.05) is 25.6 Å². The number of carbonyl (C=O) groups is 2. The summed E-state index contributed by atoms with van der Waals surface area (Å²) in [7, 11) is 0. The zero-order valence-electron chi connectivity index (χ0n) is 15.0. The van der Waals surface area contributed by atoms with Gasteiger partial charge in [0.2, 0.25) is 11.8 Å². The van der Waals surface area contributed by atoms with Crippen LogP contribution in [0.4, 0.5) is 0 Å². The Morgan fingerprint density at radius 2 is 1.87 bits per heavy atom. The fourth-order valence-corrected chi connectivity index (χ4v) is 3.12. The third-order valence-corrected chi connectivity index (χ3v) is 4.75. The lowest BCUT2D eigenvalue weighted by molar-refractivity contribution is -0.138. The molecule has 3 N–H and O–H groups in total. The molecule has 1 fully saturated rings. The second kappa shape index (κ2) is 11.4. The van der Waals surface area contributed by atoms with E-state index in [0.29, 0.717) is 13.0 Å². The standard InChI is InChI=1S/C18H35N3O2/c1-3-4-13-20-18(23)16-11-10-15(2)21(14-16)17(22)9-7-5-6-8-12-19/h15-16H,3-14,19H2,1-2H3,(H,20,23). The van der Waals surface area contributed by atoms with E-state index in [1.807, 2.05) is 4.90 Å². The molecule has 1 aliphatic heterocycles. The third kappa shape index (κ3) is 7.34. The van der Waals surface area contributed by atoms with E-state index >= 15 is 0 Å². The Kier molecular flexibility index (Phi) is 9.92. The molecule has 0 aromatic rings. The first-order chi connectivity index (χ1) is 11.1. The van der Waals surface area contributed by atoms with Crippen molar-refractivity contribution in [1.82, 2.24) is 10.2 Å². The molecule has 1 heterocycles. The number of hydrogen-bond donors (Lipinski definition) is 2. The minimum absolute atomic E-state index is 0.0377. The molecule has 1 aliphatic rings. The Morgan fingerprint density at radius 3 is 2.57 bits per heavy atom. The van der Waals surface area contributed by atoms with E-state index in [1.54, 1.807) is 0 Å². The number of likely N-dealkylation sites (tertiary alicyclic amines) is 1. The van der Waals surface area contributed by atoms with Crippen molar-refractivity contribution in [1.29, 1.82) is 0 Å². The minimum atomic E-state index is -0.0377. The molecule has 2 unspecified atom stereocenters. The Balaban J connectivity index is 2.37. The second-order valence-electron chi connectivity index (χ2n) is 6.77. The van der Waals surface area contributed by atoms with Gasteiger partial charge in [-0.15, -0.1) is 0 Å². The summed E-state index contributed by atoms with van der Waals surface area (Å²) in [5.74, 6) is 0.284. The number of rotatable bonds is 10. The van der Waals surface area contributed by atoms with E-state index in [2.05, 4.69) is 19.2 Å². The predicted octanol–water partition coefficient (Wildman–Crippen LogP) is 2.44. The molecular formula is C18H35N3O2. The summed E-state index contributed by atoms with van der Waals surface area (Å²) in [5.41, 5.74) is 5.48. The zero-order valence-corrected chi connectivity index (χ0v) is 15.0. The van der Waals surface area contributed by atoms with Gasteiger partial charge in [0.25, 0.3) is 0 Å². The summed E-state index contributed by atoms with van der Waals surface area (Å²) >= 11 is 0. The first-order valence-electron chi connectivity index (χ1n) is 9.37. The average Bonchev–Trinajstić information content (AvgIpc) is 2.55. The maximum atomic E-state index is 12.4. The lowest BCUT2D eigenvalue weighted by Gasteiger charge is -2.37. The predicted molar refractivity (Wildman–Crippen MR) is 94.0 cm³/mol. The molecule has 1 saturated heterocycles. The largest absolute Gasteiger partial charge is 0.356 e. The number of nitrogens with two attached hydrogens (primary N) is 1. The van der Waals surface area contributed by atoms with Crippen LogP contribution in [0, 0.1) is 5.92 Å². The first-order valence-corrected chi connectivity index (χ1v) is 9.37. The Morgan fingerprint density at radius 1 is 1.13 bits per heavy atom. The van der Waals surface area contributed by atoms with Gasteiger partial charge in [-0.2, -0.15) is 0 Å². The van der Waals surface area contributed by atoms with Gasteiger partial charge >= 0.3 is 0 Å². The fourth-order valence-electron chi connectivity index (χ4n) is 3.12. The van der Waals surface area contributed by atoms with Crippen LogP contribution in [0.2, 0.25) is 0 Å². The molecule has 0 aliphatic carbocycles. The average molecular weight is 325 g/mol. The second-order valence-corrected chi connectivity index (χ2v) is 6.77. The van der Waals surface area contributed by atoms with E-state index in [0.717, 1.165) is 64.5 Å². The van der Waals surface area contributed by atoms with E-state index in [9.17, 15) is 9.59 Å². The van der Waals surface area contributed by atoms with Gasteiger partial charge in [0.15, 0.2) is 0 Å². The van der Waals surface area contributed by atoms with Crippen LogP contribution >= 0.6 is 0 Å². The normalized spacial score (nSPS) is 21.3. The summed E-state index contributed by atoms with van der Waals surface area (Å²) in [4.78, 5) is 26.6. The molecule has 0 aromatic carbocycles. The summed E-state index contributed by atoms with van der Waals surface area (Å²) in [6.07, 6.45) is 8.62. The Hall–Kier alpha value is -1.10. The van der Waals surface area contributed by atoms with Gasteiger partial charge in [-0.05, 0) is 45.6 Å². The van der Waals surface area contributed by atoms with Crippen molar-refractivity contribution in [2.75, 3.05) is 19.6 Å². The number of amides is 2. The van der Waals surface area contributed by atoms with Crippen LogP contribution in [0.25, 0.3) is 0 Å². The van der Waals surface area contributed by atoms with Crippen LogP contribution in [-0.4, -0.2) is 42.4 Å². The van der Waals surface area contributed by atoms with E-state index < -0.39 is 0 Å². The quantitative estimate of drug-likeness (QED) is 0.606. The lowest BCUT2D eigenvalue weighted by Crippen LogP contribution is -2.49. The molecule has 134 valence electrons. The van der Waals surface area contributed by atoms with Gasteiger partial charge in [-0.1, -0.05) is 26.2 Å². The summed E-state index contributed by atoms with van der Waals surface area (Å²) in [5, 5.41) is 3.01. The van der Waals surface area contributed by atoms with Crippen LogP contribution < -0.4 is 11.1 Å². The summed E-state index contributed by atoms with van der Waals surface area (Å²) < 4.78 is 0. The lowest BCUT2D eigenvalue weighted by atomic mass is 9.92. The maximum absolute atomic E-state index is 12.4. The highest BCUT2D eigenvalue weighted by atomic mass is 16.2. The van der Waals surface area contributed by atoms with Crippen molar-refractivity contribution in [2.24, 2.45) is 11.7 Å². The molecule has 0 bridgehead atoms. The number of nitrogens with zero attached hydrogens (tertiary/aromatic N) is 1. The van der Waals surface area contributed by atoms with Crippen LogP contribution in [-0.2, 0) is 9.59 Å². The highest BCUT2D eigenvalue weighted by Gasteiger charge is 2.32. The number of hydrogen-bond acceptors (Lipinski definition) is 3. The van der Waals surface area contributed by atoms with Gasteiger partial charge < -0.3 is 16.0 Å². The van der Waals surface area contributed by atoms with Crippen LogP contribution in [0.3, 0.4) is 0 Å². The Bertz CT molecular complexity index is 360. The fraction of sp³-hybridized carbons (Fsp3) is 0.889. The molecule has 0 aromatic heterocycles. The van der Waals surface area contributed by atoms with E-state index in [1.165, 1.54) is 0 Å². The summed E-state index contributed by atoms with van der Waals surface area (Å²) in [6.45, 7) is 6.27. The van der Waals surface area contributed by atoms with E-state index in [-0.39, 0.29) is 23.8 Å². The van der Waals surface area contributed by atoms with Crippen molar-refractivity contribution in [3.05, 3.63) is 0 Å². The number of unbranched alkanes of at least 4 members (excludes halogenated alkanes) is 4. The first kappa shape index (κ1) is 19.9. The molecule has 0 spiro atoms. The molecule has 0 saturated carbocycles. The molecule has 0 radical (unpaired) electrons. The number of piperidine rings is 1. The third-order valence-electron chi connectivity index (χ3n) is 4.75. The zero-order chi connectivity index (χ0) is 17.1. The minimum Gasteiger partial charge on any atom is -0.356 e. The van der Waals surface area contributed by atoms with Gasteiger partial charge in [0.1, 0.15) is 0 Å². The van der Waals surface area contributed by atoms with Crippen molar-refractivity contribution in [3.63, 3.8) is 0 Å². The highest BCUT2D eigenvalue weighted by Crippen LogP contribution is 2.23. The monoisotopic (exact) mass is 325 g/mol. The highest BCUT2D eigenvalue weighted by molar-refractivity contribution is 5.81. The number of nitrogens with one attached hydrogen (secondary N) is 1. The molecule has 23 heavy (non-hydrogen) atoms. The Labute approximate surface area is 141 Å². The van der Waals surface area contributed by atoms with Crippen LogP contribution in [0.15, 0.2) is 0 Å². The molecule has 1 rings (SSSR count). The van der Waals surface area contributed by atoms with Crippen molar-refractivity contribution in [2.45, 2.75) is 77.7 Å². The van der Waals surface area contributed by atoms with Crippen molar-refractivity contribution < 1.29 is 9.59 Å². The van der Waals surface area contributed by atoms with E-state index in [4.69, 9.17) is 5.73 Å². The topological polar surface area (TPSA) is 75.4 Å². The maximum Gasteiger partial charge on any atom is 0.224 e. The van der Waals surface area contributed by atoms with Gasteiger partial charge in [-0.3, -0.25) is 9.59 Å². The van der Waals surface area contributed by atoms with Gasteiger partial charge in [0.05, 0.1) is 5.92 Å². The molecule has 5 heteroatoms. The summed E-state index contributed by atoms with van der Waals surface area (Å²) in [6, 6.07) is 0.256. The van der Waals surface area contributed by atoms with Crippen molar-refractivity contribution >= 4 is 11.8 Å². The molecule has 2 amide bonds. The van der Waals surface area contributed by atoms with Crippen LogP contribution in [0.5, 0.6) is 0 Å². The molecule has 2 atom stereocenters. The molecule has 5 nitrogen and oxygen atoms in total. The molecular weight excluding hydrogens is 290 g/mol. The SMILES string of the molecule is CCCCNC(=O)C1CCC(C)N(C(=O)CCCCCCN)C1.